The standard InChI is InChI=1S/C14H17BrFN3O2S2/c1-2-3-4-5-17-12-9-11(16)13(8-10(12)15)23(20,21)19-14-18-6-7-22-14/h6-9,17H,2-5H2,1H3,(H,18,19). The molecule has 0 spiro atoms. The van der Waals surface area contributed by atoms with E-state index in [9.17, 15) is 12.8 Å². The Labute approximate surface area is 147 Å². The highest BCUT2D eigenvalue weighted by Crippen LogP contribution is 2.29. The Morgan fingerprint density at radius 2 is 2.13 bits per heavy atom. The first-order valence-electron chi connectivity index (χ1n) is 7.09. The molecule has 2 N–H and O–H groups in total. The predicted molar refractivity (Wildman–Crippen MR) is 95.0 cm³/mol. The zero-order valence-corrected chi connectivity index (χ0v) is 15.7. The second-order valence-electron chi connectivity index (χ2n) is 4.84. The number of halogens is 2. The number of rotatable bonds is 8. The summed E-state index contributed by atoms with van der Waals surface area (Å²) in [6.45, 7) is 2.81. The van der Waals surface area contributed by atoms with Crippen LogP contribution in [0.2, 0.25) is 0 Å². The van der Waals surface area contributed by atoms with Crippen molar-refractivity contribution in [1.29, 1.82) is 0 Å². The van der Waals surface area contributed by atoms with Crippen LogP contribution >= 0.6 is 27.3 Å². The van der Waals surface area contributed by atoms with Crippen LogP contribution in [-0.2, 0) is 10.0 Å². The van der Waals surface area contributed by atoms with Crippen molar-refractivity contribution in [3.05, 3.63) is 34.0 Å². The van der Waals surface area contributed by atoms with Crippen LogP contribution in [0.15, 0.2) is 33.1 Å². The number of nitrogens with one attached hydrogen (secondary N) is 2. The SMILES string of the molecule is CCCCCNc1cc(F)c(S(=O)(=O)Nc2nccs2)cc1Br. The molecule has 0 atom stereocenters. The van der Waals surface area contributed by atoms with Crippen LogP contribution in [0.1, 0.15) is 26.2 Å². The molecule has 126 valence electrons. The van der Waals surface area contributed by atoms with Gasteiger partial charge in [0.15, 0.2) is 5.13 Å². The topological polar surface area (TPSA) is 71.1 Å². The van der Waals surface area contributed by atoms with E-state index in [0.29, 0.717) is 16.7 Å². The van der Waals surface area contributed by atoms with Gasteiger partial charge in [-0.1, -0.05) is 19.8 Å². The maximum absolute atomic E-state index is 14.2. The predicted octanol–water partition coefficient (Wildman–Crippen LogP) is 4.45. The lowest BCUT2D eigenvalue weighted by atomic mass is 10.2. The maximum atomic E-state index is 14.2. The van der Waals surface area contributed by atoms with Crippen LogP contribution in [-0.4, -0.2) is 19.9 Å². The molecule has 5 nitrogen and oxygen atoms in total. The van der Waals surface area contributed by atoms with Crippen molar-refractivity contribution in [2.24, 2.45) is 0 Å². The fourth-order valence-electron chi connectivity index (χ4n) is 1.91. The summed E-state index contributed by atoms with van der Waals surface area (Å²) in [5.41, 5.74) is 0.534. The molecule has 0 saturated heterocycles. The van der Waals surface area contributed by atoms with Crippen LogP contribution in [0.5, 0.6) is 0 Å². The maximum Gasteiger partial charge on any atom is 0.266 e. The van der Waals surface area contributed by atoms with Gasteiger partial charge in [0.25, 0.3) is 10.0 Å². The van der Waals surface area contributed by atoms with Gasteiger partial charge < -0.3 is 5.32 Å². The van der Waals surface area contributed by atoms with Gasteiger partial charge in [0, 0.05) is 22.6 Å². The number of thiazole rings is 1. The Hall–Kier alpha value is -1.19. The Morgan fingerprint density at radius 3 is 2.78 bits per heavy atom. The van der Waals surface area contributed by atoms with Crippen molar-refractivity contribution >= 4 is 48.1 Å². The number of aromatic nitrogens is 1. The fourth-order valence-corrected chi connectivity index (χ4v) is 4.42. The summed E-state index contributed by atoms with van der Waals surface area (Å²) in [7, 11) is -4.02. The molecule has 2 aromatic rings. The van der Waals surface area contributed by atoms with Crippen LogP contribution in [0.4, 0.5) is 15.2 Å². The summed E-state index contributed by atoms with van der Waals surface area (Å²) in [6.07, 6.45) is 4.61. The summed E-state index contributed by atoms with van der Waals surface area (Å²) in [5.74, 6) is -0.810. The Morgan fingerprint density at radius 1 is 1.35 bits per heavy atom. The van der Waals surface area contributed by atoms with E-state index in [1.54, 1.807) is 5.38 Å². The average molecular weight is 422 g/mol. The Balaban J connectivity index is 2.18. The van der Waals surface area contributed by atoms with Gasteiger partial charge >= 0.3 is 0 Å². The van der Waals surface area contributed by atoms with E-state index in [-0.39, 0.29) is 5.13 Å². The number of unbranched alkanes of at least 4 members (excludes halogenated alkanes) is 2. The molecule has 1 aromatic heterocycles. The lowest BCUT2D eigenvalue weighted by Crippen LogP contribution is -2.15. The Kier molecular flexibility index (Phi) is 6.37. The monoisotopic (exact) mass is 421 g/mol. The van der Waals surface area contributed by atoms with Gasteiger partial charge in [0.05, 0.1) is 5.69 Å². The highest BCUT2D eigenvalue weighted by atomic mass is 79.9. The first kappa shape index (κ1) is 18.2. The van der Waals surface area contributed by atoms with Gasteiger partial charge in [-0.05, 0) is 34.5 Å². The summed E-state index contributed by atoms with van der Waals surface area (Å²) >= 11 is 4.41. The zero-order valence-electron chi connectivity index (χ0n) is 12.5. The molecule has 0 aliphatic carbocycles. The quantitative estimate of drug-likeness (QED) is 0.617. The number of hydrogen-bond donors (Lipinski definition) is 2. The van der Waals surface area contributed by atoms with E-state index < -0.39 is 20.7 Å². The highest BCUT2D eigenvalue weighted by molar-refractivity contribution is 9.10. The number of sulfonamides is 1. The average Bonchev–Trinajstić information content (AvgIpc) is 2.98. The minimum Gasteiger partial charge on any atom is -0.384 e. The molecule has 0 aliphatic rings. The molecular formula is C14H17BrFN3O2S2. The van der Waals surface area contributed by atoms with Crippen molar-refractivity contribution in [1.82, 2.24) is 4.98 Å². The molecule has 0 unspecified atom stereocenters. The third kappa shape index (κ3) is 4.89. The van der Waals surface area contributed by atoms with Gasteiger partial charge in [-0.2, -0.15) is 0 Å². The highest BCUT2D eigenvalue weighted by Gasteiger charge is 2.22. The van der Waals surface area contributed by atoms with Crippen molar-refractivity contribution in [2.75, 3.05) is 16.6 Å². The molecule has 2 rings (SSSR count). The smallest absolute Gasteiger partial charge is 0.266 e. The number of nitrogens with zero attached hydrogens (tertiary/aromatic N) is 1. The molecule has 0 radical (unpaired) electrons. The third-order valence-corrected chi connectivity index (χ3v) is 5.89. The first-order chi connectivity index (χ1) is 10.9. The minimum absolute atomic E-state index is 0.197. The van der Waals surface area contributed by atoms with E-state index in [4.69, 9.17) is 0 Å². The van der Waals surface area contributed by atoms with Crippen LogP contribution in [0, 0.1) is 5.82 Å². The van der Waals surface area contributed by atoms with Crippen molar-refractivity contribution < 1.29 is 12.8 Å². The van der Waals surface area contributed by atoms with Crippen LogP contribution in [0.25, 0.3) is 0 Å². The number of hydrogen-bond acceptors (Lipinski definition) is 5. The molecule has 0 amide bonds. The Bertz CT molecular complexity index is 752. The van der Waals surface area contributed by atoms with Crippen molar-refractivity contribution in [2.45, 2.75) is 31.1 Å². The number of anilines is 2. The summed E-state index contributed by atoms with van der Waals surface area (Å²) in [4.78, 5) is 3.42. The van der Waals surface area contributed by atoms with Gasteiger partial charge in [-0.3, -0.25) is 4.72 Å². The molecule has 0 aliphatic heterocycles. The van der Waals surface area contributed by atoms with E-state index in [0.717, 1.165) is 30.6 Å². The summed E-state index contributed by atoms with van der Waals surface area (Å²) in [6, 6.07) is 2.44. The van der Waals surface area contributed by atoms with E-state index in [2.05, 4.69) is 37.9 Å². The van der Waals surface area contributed by atoms with Crippen molar-refractivity contribution in [3.8, 4) is 0 Å². The molecule has 9 heteroatoms. The second-order valence-corrected chi connectivity index (χ2v) is 8.24. The normalized spacial score (nSPS) is 11.4. The first-order valence-corrected chi connectivity index (χ1v) is 10.2. The van der Waals surface area contributed by atoms with Gasteiger partial charge in [-0.25, -0.2) is 17.8 Å². The van der Waals surface area contributed by atoms with Crippen LogP contribution < -0.4 is 10.0 Å². The van der Waals surface area contributed by atoms with E-state index >= 15 is 0 Å². The molecular weight excluding hydrogens is 405 g/mol. The molecule has 0 saturated carbocycles. The van der Waals surface area contributed by atoms with Crippen molar-refractivity contribution in [3.63, 3.8) is 0 Å². The molecule has 1 aromatic carbocycles. The molecule has 0 bridgehead atoms. The lowest BCUT2D eigenvalue weighted by Gasteiger charge is -2.12. The number of benzene rings is 1. The molecule has 23 heavy (non-hydrogen) atoms. The fraction of sp³-hybridized carbons (Fsp3) is 0.357. The van der Waals surface area contributed by atoms with Crippen LogP contribution in [0.3, 0.4) is 0 Å². The van der Waals surface area contributed by atoms with Gasteiger partial charge in [0.2, 0.25) is 0 Å². The van der Waals surface area contributed by atoms with Gasteiger partial charge in [-0.15, -0.1) is 11.3 Å². The van der Waals surface area contributed by atoms with E-state index in [1.807, 2.05) is 0 Å². The minimum atomic E-state index is -4.02. The largest absolute Gasteiger partial charge is 0.384 e. The second kappa shape index (κ2) is 8.07. The molecule has 0 fully saturated rings. The summed E-state index contributed by atoms with van der Waals surface area (Å²) < 4.78 is 41.5. The lowest BCUT2D eigenvalue weighted by molar-refractivity contribution is 0.570. The third-order valence-electron chi connectivity index (χ3n) is 3.06. The summed E-state index contributed by atoms with van der Waals surface area (Å²) in [5, 5.41) is 4.93. The zero-order chi connectivity index (χ0) is 16.9. The van der Waals surface area contributed by atoms with E-state index in [1.165, 1.54) is 18.3 Å². The molecule has 1 heterocycles. The van der Waals surface area contributed by atoms with Gasteiger partial charge in [0.1, 0.15) is 10.7 Å².